The summed E-state index contributed by atoms with van der Waals surface area (Å²) in [4.78, 5) is 4.87. The summed E-state index contributed by atoms with van der Waals surface area (Å²) in [5.74, 6) is 0. The van der Waals surface area contributed by atoms with Gasteiger partial charge in [0.2, 0.25) is 0 Å². The van der Waals surface area contributed by atoms with Crippen LogP contribution in [-0.4, -0.2) is 50.1 Å². The molecule has 2 nitrogen and oxygen atoms in total. The molecule has 2 heteroatoms. The highest BCUT2D eigenvalue weighted by molar-refractivity contribution is 4.99. The fourth-order valence-electron chi connectivity index (χ4n) is 2.52. The van der Waals surface area contributed by atoms with Crippen LogP contribution in [0.4, 0.5) is 0 Å². The van der Waals surface area contributed by atoms with E-state index in [-0.39, 0.29) is 0 Å². The monoisotopic (exact) mass is 170 g/mol. The average Bonchev–Trinajstić information content (AvgIpc) is 2.36. The van der Waals surface area contributed by atoms with Crippen LogP contribution in [0.2, 0.25) is 0 Å². The van der Waals surface area contributed by atoms with Gasteiger partial charge in [-0.1, -0.05) is 13.8 Å². The summed E-state index contributed by atoms with van der Waals surface area (Å²) in [6.45, 7) is 9.31. The molecule has 0 N–H and O–H groups in total. The lowest BCUT2D eigenvalue weighted by Crippen LogP contribution is -2.55. The van der Waals surface area contributed by atoms with Crippen molar-refractivity contribution in [3.63, 3.8) is 0 Å². The molecule has 0 atom stereocenters. The summed E-state index contributed by atoms with van der Waals surface area (Å²) in [5, 5.41) is 0. The number of hydrogen-bond donors (Lipinski definition) is 0. The average molecular weight is 170 g/mol. The van der Waals surface area contributed by atoms with Crippen LogP contribution in [0.1, 0.15) is 20.3 Å². The first-order chi connectivity index (χ1) is 5.70. The van der Waals surface area contributed by atoms with Crippen molar-refractivity contribution in [3.8, 4) is 0 Å². The number of nitrogens with zero attached hydrogens (tertiary/aromatic N) is 2. The second-order valence-corrected chi connectivity index (χ2v) is 4.16. The molecule has 1 spiro atoms. The fourth-order valence-corrected chi connectivity index (χ4v) is 2.52. The minimum absolute atomic E-state index is 0.712. The Kier molecular flexibility index (Phi) is 3.13. The molecule has 2 saturated heterocycles. The summed E-state index contributed by atoms with van der Waals surface area (Å²) in [6.07, 6.45) is 1.42. The van der Waals surface area contributed by atoms with Gasteiger partial charge in [-0.2, -0.15) is 0 Å². The van der Waals surface area contributed by atoms with Gasteiger partial charge in [-0.05, 0) is 27.1 Å². The Morgan fingerprint density at radius 2 is 1.42 bits per heavy atom. The van der Waals surface area contributed by atoms with E-state index in [1.807, 2.05) is 13.8 Å². The van der Waals surface area contributed by atoms with Crippen LogP contribution in [0, 0.1) is 5.41 Å². The van der Waals surface area contributed by atoms with E-state index in [1.165, 1.54) is 32.6 Å². The van der Waals surface area contributed by atoms with Crippen LogP contribution in [0.15, 0.2) is 0 Å². The van der Waals surface area contributed by atoms with Crippen LogP contribution in [0.3, 0.4) is 0 Å². The fraction of sp³-hybridized carbons (Fsp3) is 1.00. The van der Waals surface area contributed by atoms with Gasteiger partial charge in [0.25, 0.3) is 0 Å². The second kappa shape index (κ2) is 3.75. The van der Waals surface area contributed by atoms with Crippen LogP contribution in [0.25, 0.3) is 0 Å². The highest BCUT2D eigenvalue weighted by Crippen LogP contribution is 2.37. The first-order valence-corrected chi connectivity index (χ1v) is 5.07. The first-order valence-electron chi connectivity index (χ1n) is 5.07. The maximum absolute atomic E-state index is 2.45. The summed E-state index contributed by atoms with van der Waals surface area (Å²) in [7, 11) is 4.44. The Morgan fingerprint density at radius 1 is 0.917 bits per heavy atom. The third-order valence-corrected chi connectivity index (χ3v) is 2.84. The topological polar surface area (TPSA) is 6.48 Å². The molecule has 0 amide bonds. The van der Waals surface area contributed by atoms with Crippen molar-refractivity contribution < 1.29 is 0 Å². The Balaban J connectivity index is 0.000000336. The van der Waals surface area contributed by atoms with Gasteiger partial charge in [-0.25, -0.2) is 0 Å². The third-order valence-electron chi connectivity index (χ3n) is 2.84. The van der Waals surface area contributed by atoms with Gasteiger partial charge in [0, 0.05) is 25.0 Å². The summed E-state index contributed by atoms with van der Waals surface area (Å²) in [6, 6.07) is 0. The quantitative estimate of drug-likeness (QED) is 0.540. The van der Waals surface area contributed by atoms with Crippen molar-refractivity contribution in [2.75, 3.05) is 40.3 Å². The zero-order chi connectivity index (χ0) is 9.19. The Morgan fingerprint density at radius 3 is 1.75 bits per heavy atom. The van der Waals surface area contributed by atoms with Crippen LogP contribution in [0.5, 0.6) is 0 Å². The third kappa shape index (κ3) is 1.80. The number of rotatable bonds is 0. The molecule has 2 aliphatic heterocycles. The molecule has 2 aliphatic rings. The molecule has 0 radical (unpaired) electrons. The normalized spacial score (nSPS) is 28.0. The van der Waals surface area contributed by atoms with Gasteiger partial charge in [0.15, 0.2) is 0 Å². The standard InChI is InChI=1S/C8H16N2.C2H6/c1-9-4-3-8(5-9)6-10(2)7-8;1-2/h3-7H2,1-2H3;1-2H3. The second-order valence-electron chi connectivity index (χ2n) is 4.16. The SMILES string of the molecule is CC.CN1CCC2(C1)CN(C)C2. The van der Waals surface area contributed by atoms with Gasteiger partial charge in [-0.15, -0.1) is 0 Å². The van der Waals surface area contributed by atoms with Crippen LogP contribution >= 0.6 is 0 Å². The zero-order valence-corrected chi connectivity index (χ0v) is 8.93. The highest BCUT2D eigenvalue weighted by atomic mass is 15.2. The van der Waals surface area contributed by atoms with E-state index in [0.29, 0.717) is 5.41 Å². The lowest BCUT2D eigenvalue weighted by atomic mass is 9.80. The van der Waals surface area contributed by atoms with Crippen molar-refractivity contribution >= 4 is 0 Å². The van der Waals surface area contributed by atoms with Gasteiger partial charge < -0.3 is 9.80 Å². The van der Waals surface area contributed by atoms with E-state index in [9.17, 15) is 0 Å². The van der Waals surface area contributed by atoms with E-state index in [0.717, 1.165) is 0 Å². The van der Waals surface area contributed by atoms with Gasteiger partial charge >= 0.3 is 0 Å². The molecule has 2 fully saturated rings. The molecular formula is C10H22N2. The van der Waals surface area contributed by atoms with E-state index < -0.39 is 0 Å². The number of hydrogen-bond acceptors (Lipinski definition) is 2. The van der Waals surface area contributed by atoms with Crippen molar-refractivity contribution in [2.45, 2.75) is 20.3 Å². The molecular weight excluding hydrogens is 148 g/mol. The van der Waals surface area contributed by atoms with Crippen molar-refractivity contribution in [3.05, 3.63) is 0 Å². The van der Waals surface area contributed by atoms with Crippen molar-refractivity contribution in [1.29, 1.82) is 0 Å². The first kappa shape index (κ1) is 10.0. The van der Waals surface area contributed by atoms with Gasteiger partial charge in [0.05, 0.1) is 0 Å². The summed E-state index contributed by atoms with van der Waals surface area (Å²) < 4.78 is 0. The molecule has 0 unspecified atom stereocenters. The molecule has 0 aromatic carbocycles. The van der Waals surface area contributed by atoms with Crippen LogP contribution < -0.4 is 0 Å². The van der Waals surface area contributed by atoms with E-state index in [2.05, 4.69) is 23.9 Å². The lowest BCUT2D eigenvalue weighted by molar-refractivity contribution is 0.0329. The molecule has 12 heavy (non-hydrogen) atoms. The van der Waals surface area contributed by atoms with E-state index >= 15 is 0 Å². The minimum Gasteiger partial charge on any atom is -0.306 e. The predicted octanol–water partition coefficient (Wildman–Crippen LogP) is 1.28. The molecule has 0 aromatic heterocycles. The largest absolute Gasteiger partial charge is 0.306 e. The highest BCUT2D eigenvalue weighted by Gasteiger charge is 2.44. The smallest absolute Gasteiger partial charge is 0.00965 e. The van der Waals surface area contributed by atoms with Crippen molar-refractivity contribution in [1.82, 2.24) is 9.80 Å². The van der Waals surface area contributed by atoms with Gasteiger partial charge in [-0.3, -0.25) is 0 Å². The molecule has 0 aliphatic carbocycles. The Bertz CT molecular complexity index is 133. The lowest BCUT2D eigenvalue weighted by Gasteiger charge is -2.46. The summed E-state index contributed by atoms with van der Waals surface area (Å²) >= 11 is 0. The molecule has 0 saturated carbocycles. The van der Waals surface area contributed by atoms with E-state index in [4.69, 9.17) is 0 Å². The molecule has 2 heterocycles. The summed E-state index contributed by atoms with van der Waals surface area (Å²) in [5.41, 5.74) is 0.712. The molecule has 2 rings (SSSR count). The van der Waals surface area contributed by atoms with E-state index in [1.54, 1.807) is 0 Å². The maximum atomic E-state index is 2.45. The maximum Gasteiger partial charge on any atom is 0.00965 e. The zero-order valence-electron chi connectivity index (χ0n) is 8.93. The van der Waals surface area contributed by atoms with Gasteiger partial charge in [0.1, 0.15) is 0 Å². The van der Waals surface area contributed by atoms with Crippen LogP contribution in [-0.2, 0) is 0 Å². The molecule has 0 bridgehead atoms. The predicted molar refractivity (Wildman–Crippen MR) is 53.4 cm³/mol. The minimum atomic E-state index is 0.712. The molecule has 0 aromatic rings. The number of likely N-dealkylation sites (tertiary alicyclic amines) is 2. The van der Waals surface area contributed by atoms with Crippen molar-refractivity contribution in [2.24, 2.45) is 5.41 Å². The Labute approximate surface area is 76.5 Å². The molecule has 72 valence electrons. The Hall–Kier alpha value is -0.0800.